The first kappa shape index (κ1) is 12.6. The highest BCUT2D eigenvalue weighted by atomic mass is 32.2. The van der Waals surface area contributed by atoms with Gasteiger partial charge in [0.05, 0.1) is 11.6 Å². The zero-order valence-electron chi connectivity index (χ0n) is 9.06. The summed E-state index contributed by atoms with van der Waals surface area (Å²) >= 11 is 1.59. The second-order valence-electron chi connectivity index (χ2n) is 3.39. The van der Waals surface area contributed by atoms with Crippen molar-refractivity contribution in [3.05, 3.63) is 29.3 Å². The molecular weight excluding hydrogens is 222 g/mol. The highest BCUT2D eigenvalue weighted by Crippen LogP contribution is 2.22. The predicted octanol–water partition coefficient (Wildman–Crippen LogP) is 3.09. The largest absolute Gasteiger partial charge is 0.478 e. The maximum Gasteiger partial charge on any atom is 0.335 e. The van der Waals surface area contributed by atoms with Crippen molar-refractivity contribution in [2.24, 2.45) is 0 Å². The number of aryl methyl sites for hydroxylation is 1. The lowest BCUT2D eigenvalue weighted by atomic mass is 10.1. The Hall–Kier alpha value is -1.47. The standard InChI is InChI=1S/C12H13NO2S/c1-9-4-5-10(8-11(9)12(14)15)16-7-3-2-6-13/h4-5,8H,2-3,7H2,1H3,(H,14,15). The highest BCUT2D eigenvalue weighted by Gasteiger charge is 2.07. The molecule has 0 aliphatic heterocycles. The van der Waals surface area contributed by atoms with Crippen molar-refractivity contribution >= 4 is 17.7 Å². The Bertz CT molecular complexity index is 424. The molecule has 0 heterocycles. The van der Waals surface area contributed by atoms with E-state index in [1.165, 1.54) is 0 Å². The molecule has 0 fully saturated rings. The third kappa shape index (κ3) is 3.59. The minimum absolute atomic E-state index is 0.352. The summed E-state index contributed by atoms with van der Waals surface area (Å²) in [5.74, 6) is -0.0488. The minimum Gasteiger partial charge on any atom is -0.478 e. The van der Waals surface area contributed by atoms with Crippen molar-refractivity contribution in [1.29, 1.82) is 5.26 Å². The predicted molar refractivity (Wildman–Crippen MR) is 63.7 cm³/mol. The fourth-order valence-corrected chi connectivity index (χ4v) is 2.15. The van der Waals surface area contributed by atoms with Crippen LogP contribution in [0, 0.1) is 18.3 Å². The van der Waals surface area contributed by atoms with Gasteiger partial charge >= 0.3 is 5.97 Å². The lowest BCUT2D eigenvalue weighted by Gasteiger charge is -2.04. The van der Waals surface area contributed by atoms with Crippen LogP contribution >= 0.6 is 11.8 Å². The van der Waals surface area contributed by atoms with Crippen LogP contribution in [0.15, 0.2) is 23.1 Å². The number of nitriles is 1. The quantitative estimate of drug-likeness (QED) is 0.629. The molecular formula is C12H13NO2S. The van der Waals surface area contributed by atoms with E-state index in [0.29, 0.717) is 12.0 Å². The zero-order valence-corrected chi connectivity index (χ0v) is 9.88. The van der Waals surface area contributed by atoms with Gasteiger partial charge in [-0.3, -0.25) is 0 Å². The van der Waals surface area contributed by atoms with Crippen molar-refractivity contribution < 1.29 is 9.90 Å². The van der Waals surface area contributed by atoms with E-state index >= 15 is 0 Å². The second-order valence-corrected chi connectivity index (χ2v) is 4.56. The monoisotopic (exact) mass is 235 g/mol. The van der Waals surface area contributed by atoms with Crippen LogP contribution < -0.4 is 0 Å². The molecule has 0 amide bonds. The van der Waals surface area contributed by atoms with Gasteiger partial charge in [0.2, 0.25) is 0 Å². The van der Waals surface area contributed by atoms with Gasteiger partial charge in [0.1, 0.15) is 0 Å². The molecule has 1 N–H and O–H groups in total. The summed E-state index contributed by atoms with van der Waals surface area (Å²) in [6, 6.07) is 7.51. The van der Waals surface area contributed by atoms with Crippen LogP contribution in [0.1, 0.15) is 28.8 Å². The molecule has 0 aromatic heterocycles. The van der Waals surface area contributed by atoms with Crippen LogP contribution in [0.5, 0.6) is 0 Å². The summed E-state index contributed by atoms with van der Waals surface area (Å²) in [5, 5.41) is 17.3. The van der Waals surface area contributed by atoms with Gasteiger partial charge in [-0.25, -0.2) is 4.79 Å². The number of nitrogens with zero attached hydrogens (tertiary/aromatic N) is 1. The molecule has 0 atom stereocenters. The van der Waals surface area contributed by atoms with Crippen LogP contribution in [-0.4, -0.2) is 16.8 Å². The molecule has 0 saturated heterocycles. The Kier molecular flexibility index (Phi) is 4.87. The molecule has 0 bridgehead atoms. The Labute approximate surface area is 99.1 Å². The average Bonchev–Trinajstić information content (AvgIpc) is 2.26. The minimum atomic E-state index is -0.892. The molecule has 0 unspecified atom stereocenters. The van der Waals surface area contributed by atoms with E-state index < -0.39 is 5.97 Å². The van der Waals surface area contributed by atoms with Crippen molar-refractivity contribution in [2.75, 3.05) is 5.75 Å². The van der Waals surface area contributed by atoms with E-state index in [4.69, 9.17) is 10.4 Å². The molecule has 84 valence electrons. The number of carbonyl (C=O) groups is 1. The van der Waals surface area contributed by atoms with Gasteiger partial charge in [0, 0.05) is 11.3 Å². The molecule has 4 heteroatoms. The first-order chi connectivity index (χ1) is 7.65. The molecule has 0 radical (unpaired) electrons. The van der Waals surface area contributed by atoms with E-state index in [9.17, 15) is 4.79 Å². The summed E-state index contributed by atoms with van der Waals surface area (Å²) in [5.41, 5.74) is 1.12. The molecule has 16 heavy (non-hydrogen) atoms. The highest BCUT2D eigenvalue weighted by molar-refractivity contribution is 7.99. The van der Waals surface area contributed by atoms with Gasteiger partial charge < -0.3 is 5.11 Å². The lowest BCUT2D eigenvalue weighted by molar-refractivity contribution is 0.0696. The Morgan fingerprint density at radius 3 is 2.94 bits per heavy atom. The van der Waals surface area contributed by atoms with Crippen LogP contribution in [0.2, 0.25) is 0 Å². The summed E-state index contributed by atoms with van der Waals surface area (Å²) < 4.78 is 0. The van der Waals surface area contributed by atoms with Gasteiger partial charge in [-0.15, -0.1) is 11.8 Å². The van der Waals surface area contributed by atoms with Crippen molar-refractivity contribution in [1.82, 2.24) is 0 Å². The molecule has 1 aromatic rings. The van der Waals surface area contributed by atoms with Crippen molar-refractivity contribution in [2.45, 2.75) is 24.7 Å². The average molecular weight is 235 g/mol. The number of hydrogen-bond acceptors (Lipinski definition) is 3. The maximum atomic E-state index is 10.9. The Morgan fingerprint density at radius 2 is 2.31 bits per heavy atom. The van der Waals surface area contributed by atoms with Crippen LogP contribution in [0.25, 0.3) is 0 Å². The van der Waals surface area contributed by atoms with E-state index in [1.807, 2.05) is 12.1 Å². The first-order valence-corrected chi connectivity index (χ1v) is 5.97. The van der Waals surface area contributed by atoms with Crippen LogP contribution in [0.3, 0.4) is 0 Å². The van der Waals surface area contributed by atoms with Crippen LogP contribution in [0.4, 0.5) is 0 Å². The summed E-state index contributed by atoms with van der Waals surface area (Å²) in [6.07, 6.45) is 1.38. The number of unbranched alkanes of at least 4 members (excludes halogenated alkanes) is 1. The van der Waals surface area contributed by atoms with Gasteiger partial charge in [-0.1, -0.05) is 6.07 Å². The van der Waals surface area contributed by atoms with E-state index in [1.54, 1.807) is 24.8 Å². The van der Waals surface area contributed by atoms with Crippen molar-refractivity contribution in [3.63, 3.8) is 0 Å². The summed E-state index contributed by atoms with van der Waals surface area (Å²) in [4.78, 5) is 11.8. The summed E-state index contributed by atoms with van der Waals surface area (Å²) in [7, 11) is 0. The number of carboxylic acids is 1. The molecule has 0 aliphatic carbocycles. The van der Waals surface area contributed by atoms with Crippen LogP contribution in [-0.2, 0) is 0 Å². The lowest BCUT2D eigenvalue weighted by Crippen LogP contribution is -1.99. The number of hydrogen-bond donors (Lipinski definition) is 1. The molecule has 0 aliphatic rings. The molecule has 1 aromatic carbocycles. The molecule has 0 saturated carbocycles. The van der Waals surface area contributed by atoms with Gasteiger partial charge in [-0.05, 0) is 36.8 Å². The number of aromatic carboxylic acids is 1. The van der Waals surface area contributed by atoms with E-state index in [2.05, 4.69) is 6.07 Å². The third-order valence-corrected chi connectivity index (χ3v) is 3.22. The van der Waals surface area contributed by atoms with Gasteiger partial charge in [0.25, 0.3) is 0 Å². The smallest absolute Gasteiger partial charge is 0.335 e. The third-order valence-electron chi connectivity index (χ3n) is 2.14. The fourth-order valence-electron chi connectivity index (χ4n) is 1.26. The summed E-state index contributed by atoms with van der Waals surface area (Å²) in [6.45, 7) is 1.79. The van der Waals surface area contributed by atoms with E-state index in [-0.39, 0.29) is 0 Å². The number of thioether (sulfide) groups is 1. The first-order valence-electron chi connectivity index (χ1n) is 4.99. The number of benzene rings is 1. The Balaban J connectivity index is 2.65. The fraction of sp³-hybridized carbons (Fsp3) is 0.333. The Morgan fingerprint density at radius 1 is 1.56 bits per heavy atom. The second kappa shape index (κ2) is 6.19. The van der Waals surface area contributed by atoms with Gasteiger partial charge in [0.15, 0.2) is 0 Å². The molecule has 0 spiro atoms. The number of rotatable bonds is 5. The number of carboxylic acid groups (broad SMARTS) is 1. The normalized spacial score (nSPS) is 9.75. The molecule has 3 nitrogen and oxygen atoms in total. The molecule has 1 rings (SSSR count). The topological polar surface area (TPSA) is 61.1 Å². The van der Waals surface area contributed by atoms with Crippen molar-refractivity contribution in [3.8, 4) is 6.07 Å². The van der Waals surface area contributed by atoms with Gasteiger partial charge in [-0.2, -0.15) is 5.26 Å². The zero-order chi connectivity index (χ0) is 12.0. The SMILES string of the molecule is Cc1ccc(SCCCC#N)cc1C(=O)O. The van der Waals surface area contributed by atoms with E-state index in [0.717, 1.165) is 22.6 Å². The maximum absolute atomic E-state index is 10.9.